The van der Waals surface area contributed by atoms with Crippen LogP contribution in [0.5, 0.6) is 5.75 Å². The third kappa shape index (κ3) is 8.22. The molecule has 6 nitrogen and oxygen atoms in total. The molecule has 0 bridgehead atoms. The van der Waals surface area contributed by atoms with Gasteiger partial charge in [-0.3, -0.25) is 4.79 Å². The maximum absolute atomic E-state index is 12.1. The Bertz CT molecular complexity index is 810. The number of nitrogens with zero attached hydrogens (tertiary/aromatic N) is 1. The molecule has 2 aromatic rings. The molecule has 2 aromatic carbocycles. The maximum Gasteiger partial charge on any atom is 0.251 e. The van der Waals surface area contributed by atoms with Gasteiger partial charge in [0.25, 0.3) is 5.91 Å². The van der Waals surface area contributed by atoms with Crippen LogP contribution in [0.4, 0.5) is 0 Å². The summed E-state index contributed by atoms with van der Waals surface area (Å²) in [6, 6.07) is 17.3. The van der Waals surface area contributed by atoms with E-state index in [1.807, 2.05) is 43.3 Å². The van der Waals surface area contributed by atoms with Crippen LogP contribution >= 0.6 is 24.0 Å². The average molecular weight is 522 g/mol. The van der Waals surface area contributed by atoms with Crippen LogP contribution in [0.1, 0.15) is 35.7 Å². The van der Waals surface area contributed by atoms with Crippen molar-refractivity contribution in [3.8, 4) is 5.75 Å². The molecule has 0 radical (unpaired) electrons. The van der Waals surface area contributed by atoms with Crippen molar-refractivity contribution in [1.82, 2.24) is 16.0 Å². The molecule has 3 rings (SSSR count). The van der Waals surface area contributed by atoms with Crippen LogP contribution < -0.4 is 20.7 Å². The van der Waals surface area contributed by atoms with E-state index in [0.717, 1.165) is 36.3 Å². The molecular formula is C23H31IN4O2. The van der Waals surface area contributed by atoms with Gasteiger partial charge in [0.15, 0.2) is 5.96 Å². The monoisotopic (exact) mass is 522 g/mol. The van der Waals surface area contributed by atoms with E-state index >= 15 is 0 Å². The van der Waals surface area contributed by atoms with Crippen molar-refractivity contribution < 1.29 is 9.53 Å². The maximum atomic E-state index is 12.1. The van der Waals surface area contributed by atoms with Gasteiger partial charge in [0.1, 0.15) is 5.75 Å². The molecule has 162 valence electrons. The Hall–Kier alpha value is -2.29. The number of rotatable bonds is 10. The zero-order valence-electron chi connectivity index (χ0n) is 17.4. The smallest absolute Gasteiger partial charge is 0.251 e. The molecule has 0 aliphatic heterocycles. The van der Waals surface area contributed by atoms with Crippen LogP contribution in [0.3, 0.4) is 0 Å². The number of ether oxygens (including phenoxy) is 1. The lowest BCUT2D eigenvalue weighted by Gasteiger charge is -2.13. The Morgan fingerprint density at radius 1 is 1.00 bits per heavy atom. The molecule has 0 saturated heterocycles. The van der Waals surface area contributed by atoms with E-state index in [0.29, 0.717) is 25.2 Å². The van der Waals surface area contributed by atoms with Crippen molar-refractivity contribution in [2.24, 2.45) is 10.9 Å². The van der Waals surface area contributed by atoms with Crippen molar-refractivity contribution in [3.63, 3.8) is 0 Å². The van der Waals surface area contributed by atoms with Gasteiger partial charge in [0.05, 0.1) is 13.2 Å². The molecule has 30 heavy (non-hydrogen) atoms. The number of para-hydroxylation sites is 1. The first-order chi connectivity index (χ1) is 14.3. The van der Waals surface area contributed by atoms with E-state index in [4.69, 9.17) is 4.74 Å². The van der Waals surface area contributed by atoms with Crippen molar-refractivity contribution in [2.45, 2.75) is 26.3 Å². The highest BCUT2D eigenvalue weighted by molar-refractivity contribution is 14.0. The Morgan fingerprint density at radius 2 is 1.70 bits per heavy atom. The normalized spacial score (nSPS) is 13.2. The standard InChI is InChI=1S/C23H30N4O2.HI/c1-2-24-23(26-15-14-25-22(28)19-8-4-3-5-9-19)27-16-20-10-6-7-11-21(20)29-17-18-12-13-18;/h3-11,18H,2,12-17H2,1H3,(H,25,28)(H2,24,26,27);1H. The van der Waals surface area contributed by atoms with Crippen molar-refractivity contribution >= 4 is 35.8 Å². The number of amides is 1. The van der Waals surface area contributed by atoms with E-state index in [1.165, 1.54) is 12.8 Å². The van der Waals surface area contributed by atoms with Crippen LogP contribution in [0.15, 0.2) is 59.6 Å². The molecule has 1 fully saturated rings. The first-order valence-corrected chi connectivity index (χ1v) is 10.3. The summed E-state index contributed by atoms with van der Waals surface area (Å²) in [5.41, 5.74) is 1.73. The number of nitrogens with one attached hydrogen (secondary N) is 3. The fraction of sp³-hybridized carbons (Fsp3) is 0.391. The number of carbonyl (C=O) groups excluding carboxylic acids is 1. The summed E-state index contributed by atoms with van der Waals surface area (Å²) in [7, 11) is 0. The Balaban J connectivity index is 0.00000320. The van der Waals surface area contributed by atoms with E-state index < -0.39 is 0 Å². The van der Waals surface area contributed by atoms with Gasteiger partial charge in [0, 0.05) is 30.8 Å². The topological polar surface area (TPSA) is 74.8 Å². The van der Waals surface area contributed by atoms with Crippen molar-refractivity contribution in [3.05, 3.63) is 65.7 Å². The van der Waals surface area contributed by atoms with Crippen molar-refractivity contribution in [1.29, 1.82) is 0 Å². The van der Waals surface area contributed by atoms with Gasteiger partial charge in [-0.05, 0) is 43.9 Å². The third-order valence-electron chi connectivity index (χ3n) is 4.63. The summed E-state index contributed by atoms with van der Waals surface area (Å²) in [4.78, 5) is 16.7. The number of hydrogen-bond donors (Lipinski definition) is 3. The molecule has 3 N–H and O–H groups in total. The fourth-order valence-corrected chi connectivity index (χ4v) is 2.82. The second-order valence-electron chi connectivity index (χ2n) is 7.11. The van der Waals surface area contributed by atoms with Crippen LogP contribution in [0.2, 0.25) is 0 Å². The summed E-state index contributed by atoms with van der Waals surface area (Å²) >= 11 is 0. The Labute approximate surface area is 195 Å². The van der Waals surface area contributed by atoms with Crippen LogP contribution in [-0.2, 0) is 6.54 Å². The first kappa shape index (κ1) is 24.0. The highest BCUT2D eigenvalue weighted by Gasteiger charge is 2.22. The molecule has 0 aromatic heterocycles. The van der Waals surface area contributed by atoms with Gasteiger partial charge in [-0.1, -0.05) is 36.4 Å². The predicted molar refractivity (Wildman–Crippen MR) is 132 cm³/mol. The zero-order valence-corrected chi connectivity index (χ0v) is 19.7. The minimum absolute atomic E-state index is 0. The largest absolute Gasteiger partial charge is 0.493 e. The third-order valence-corrected chi connectivity index (χ3v) is 4.63. The number of hydrogen-bond acceptors (Lipinski definition) is 3. The lowest BCUT2D eigenvalue weighted by Crippen LogP contribution is -2.41. The fourth-order valence-electron chi connectivity index (χ4n) is 2.82. The molecular weight excluding hydrogens is 491 g/mol. The summed E-state index contributed by atoms with van der Waals surface area (Å²) in [6.07, 6.45) is 2.55. The Morgan fingerprint density at radius 3 is 2.43 bits per heavy atom. The molecule has 1 amide bonds. The average Bonchev–Trinajstić information content (AvgIpc) is 3.59. The lowest BCUT2D eigenvalue weighted by atomic mass is 10.2. The number of halogens is 1. The summed E-state index contributed by atoms with van der Waals surface area (Å²) in [6.45, 7) is 5.22. The molecule has 7 heteroatoms. The van der Waals surface area contributed by atoms with E-state index in [1.54, 1.807) is 12.1 Å². The molecule has 1 aliphatic carbocycles. The second-order valence-corrected chi connectivity index (χ2v) is 7.11. The quantitative estimate of drug-likeness (QED) is 0.193. The van der Waals surface area contributed by atoms with Crippen LogP contribution in [-0.4, -0.2) is 38.1 Å². The van der Waals surface area contributed by atoms with Gasteiger partial charge >= 0.3 is 0 Å². The number of guanidine groups is 1. The summed E-state index contributed by atoms with van der Waals surface area (Å²) in [5, 5.41) is 9.41. The predicted octanol–water partition coefficient (Wildman–Crippen LogP) is 3.58. The molecule has 0 spiro atoms. The summed E-state index contributed by atoms with van der Waals surface area (Å²) < 4.78 is 5.96. The minimum atomic E-state index is -0.0731. The van der Waals surface area contributed by atoms with E-state index in [2.05, 4.69) is 27.0 Å². The molecule has 1 saturated carbocycles. The molecule has 0 atom stereocenters. The molecule has 1 aliphatic rings. The molecule has 0 heterocycles. The van der Waals surface area contributed by atoms with E-state index in [-0.39, 0.29) is 29.9 Å². The highest BCUT2D eigenvalue weighted by Crippen LogP contribution is 2.30. The van der Waals surface area contributed by atoms with Gasteiger partial charge in [0.2, 0.25) is 0 Å². The van der Waals surface area contributed by atoms with Crippen molar-refractivity contribution in [2.75, 3.05) is 26.2 Å². The highest BCUT2D eigenvalue weighted by atomic mass is 127. The number of carbonyl (C=O) groups is 1. The number of benzene rings is 2. The van der Waals surface area contributed by atoms with Gasteiger partial charge in [-0.15, -0.1) is 24.0 Å². The van der Waals surface area contributed by atoms with Gasteiger partial charge in [-0.25, -0.2) is 4.99 Å². The Kier molecular flexibility index (Phi) is 10.5. The SMILES string of the molecule is CCNC(=NCc1ccccc1OCC1CC1)NCCNC(=O)c1ccccc1.I. The van der Waals surface area contributed by atoms with Gasteiger partial charge in [-0.2, -0.15) is 0 Å². The second kappa shape index (κ2) is 13.1. The van der Waals surface area contributed by atoms with Crippen LogP contribution in [0.25, 0.3) is 0 Å². The van der Waals surface area contributed by atoms with Crippen LogP contribution in [0, 0.1) is 5.92 Å². The van der Waals surface area contributed by atoms with E-state index in [9.17, 15) is 4.79 Å². The first-order valence-electron chi connectivity index (χ1n) is 10.3. The zero-order chi connectivity index (χ0) is 20.3. The summed E-state index contributed by atoms with van der Waals surface area (Å²) in [5.74, 6) is 2.28. The minimum Gasteiger partial charge on any atom is -0.493 e. The lowest BCUT2D eigenvalue weighted by molar-refractivity contribution is 0.0954. The van der Waals surface area contributed by atoms with Gasteiger partial charge < -0.3 is 20.7 Å². The number of aliphatic imine (C=N–C) groups is 1. The molecule has 0 unspecified atom stereocenters.